The molecule has 0 radical (unpaired) electrons. The fourth-order valence-corrected chi connectivity index (χ4v) is 2.68. The van der Waals surface area contributed by atoms with Crippen molar-refractivity contribution in [2.75, 3.05) is 14.2 Å². The number of aryl methyl sites for hydroxylation is 1. The first-order valence-electron chi connectivity index (χ1n) is 6.51. The fourth-order valence-electron chi connectivity index (χ4n) is 2.68. The minimum absolute atomic E-state index is 0.0256. The third-order valence-corrected chi connectivity index (χ3v) is 3.73. The van der Waals surface area contributed by atoms with Gasteiger partial charge in [0.15, 0.2) is 0 Å². The molecule has 0 saturated heterocycles. The summed E-state index contributed by atoms with van der Waals surface area (Å²) in [5.41, 5.74) is 1.92. The van der Waals surface area contributed by atoms with Crippen molar-refractivity contribution in [1.82, 2.24) is 0 Å². The van der Waals surface area contributed by atoms with E-state index in [2.05, 4.69) is 0 Å². The first-order valence-corrected chi connectivity index (χ1v) is 6.51. The van der Waals surface area contributed by atoms with Crippen LogP contribution in [-0.2, 0) is 4.79 Å². The Morgan fingerprint density at radius 1 is 1.37 bits per heavy atom. The highest BCUT2D eigenvalue weighted by Gasteiger charge is 2.37. The van der Waals surface area contributed by atoms with Crippen LogP contribution in [0.5, 0.6) is 11.5 Å². The number of carbonyl (C=O) groups is 1. The summed E-state index contributed by atoms with van der Waals surface area (Å²) in [4.78, 5) is 11.1. The molecule has 0 heterocycles. The molecule has 1 aliphatic rings. The maximum absolute atomic E-state index is 11.1. The maximum atomic E-state index is 11.1. The summed E-state index contributed by atoms with van der Waals surface area (Å²) in [5.74, 6) is 1.11. The first-order chi connectivity index (χ1) is 9.08. The molecular formula is C15H20O4. The van der Waals surface area contributed by atoms with Crippen LogP contribution in [0.4, 0.5) is 0 Å². The number of rotatable bonds is 6. The second-order valence-electron chi connectivity index (χ2n) is 5.07. The number of hydrogen-bond donors (Lipinski definition) is 1. The highest BCUT2D eigenvalue weighted by atomic mass is 16.5. The Morgan fingerprint density at radius 3 is 2.53 bits per heavy atom. The zero-order valence-corrected chi connectivity index (χ0v) is 11.6. The molecule has 1 atom stereocenters. The maximum Gasteiger partial charge on any atom is 0.303 e. The molecule has 0 aliphatic heterocycles. The van der Waals surface area contributed by atoms with Gasteiger partial charge >= 0.3 is 5.97 Å². The van der Waals surface area contributed by atoms with Crippen LogP contribution in [0, 0.1) is 12.8 Å². The quantitative estimate of drug-likeness (QED) is 0.858. The van der Waals surface area contributed by atoms with Gasteiger partial charge in [-0.2, -0.15) is 0 Å². The van der Waals surface area contributed by atoms with Crippen LogP contribution >= 0.6 is 0 Å². The lowest BCUT2D eigenvalue weighted by atomic mass is 9.88. The van der Waals surface area contributed by atoms with Crippen LogP contribution in [-0.4, -0.2) is 25.3 Å². The monoisotopic (exact) mass is 264 g/mol. The van der Waals surface area contributed by atoms with Gasteiger partial charge in [-0.15, -0.1) is 0 Å². The minimum atomic E-state index is -0.775. The van der Waals surface area contributed by atoms with Gasteiger partial charge in [-0.05, 0) is 37.3 Å². The van der Waals surface area contributed by atoms with E-state index in [1.54, 1.807) is 14.2 Å². The van der Waals surface area contributed by atoms with Crippen molar-refractivity contribution in [3.05, 3.63) is 23.3 Å². The molecule has 1 aromatic carbocycles. The number of carboxylic acid groups (broad SMARTS) is 1. The number of aliphatic carboxylic acids is 1. The Bertz CT molecular complexity index is 477. The average molecular weight is 264 g/mol. The Balaban J connectivity index is 2.49. The fraction of sp³-hybridized carbons (Fsp3) is 0.533. The lowest BCUT2D eigenvalue weighted by Gasteiger charge is -2.22. The molecule has 0 bridgehead atoms. The van der Waals surface area contributed by atoms with E-state index in [-0.39, 0.29) is 12.3 Å². The second-order valence-corrected chi connectivity index (χ2v) is 5.07. The molecule has 2 rings (SSSR count). The standard InChI is InChI=1S/C15H20O4/c1-9-4-7-12(18-2)14(15(9)19-3)11(8-13(16)17)10-5-6-10/h4,7,10-11H,5-6,8H2,1-3H3,(H,16,17). The van der Waals surface area contributed by atoms with Crippen molar-refractivity contribution < 1.29 is 19.4 Å². The number of hydrogen-bond acceptors (Lipinski definition) is 3. The Kier molecular flexibility index (Phi) is 3.98. The van der Waals surface area contributed by atoms with Crippen molar-refractivity contribution in [1.29, 1.82) is 0 Å². The number of methoxy groups -OCH3 is 2. The predicted molar refractivity (Wildman–Crippen MR) is 72.0 cm³/mol. The van der Waals surface area contributed by atoms with Crippen molar-refractivity contribution in [2.24, 2.45) is 5.92 Å². The van der Waals surface area contributed by atoms with Crippen molar-refractivity contribution in [3.63, 3.8) is 0 Å². The van der Waals surface area contributed by atoms with Crippen LogP contribution in [0.25, 0.3) is 0 Å². The summed E-state index contributed by atoms with van der Waals surface area (Å²) in [6, 6.07) is 3.83. The summed E-state index contributed by atoms with van der Waals surface area (Å²) in [5, 5.41) is 9.14. The van der Waals surface area contributed by atoms with E-state index in [1.807, 2.05) is 19.1 Å². The molecule has 4 nitrogen and oxygen atoms in total. The van der Waals surface area contributed by atoms with Crippen LogP contribution in [0.3, 0.4) is 0 Å². The Hall–Kier alpha value is -1.71. The first kappa shape index (κ1) is 13.7. The van der Waals surface area contributed by atoms with E-state index in [1.165, 1.54) is 0 Å². The molecule has 0 aromatic heterocycles. The summed E-state index contributed by atoms with van der Waals surface area (Å²) >= 11 is 0. The number of ether oxygens (including phenoxy) is 2. The smallest absolute Gasteiger partial charge is 0.303 e. The van der Waals surface area contributed by atoms with Gasteiger partial charge in [0.1, 0.15) is 11.5 Å². The third-order valence-electron chi connectivity index (χ3n) is 3.73. The third kappa shape index (κ3) is 2.83. The Morgan fingerprint density at radius 2 is 2.05 bits per heavy atom. The number of benzene rings is 1. The van der Waals surface area contributed by atoms with Gasteiger partial charge in [0.25, 0.3) is 0 Å². The highest BCUT2D eigenvalue weighted by molar-refractivity contribution is 5.69. The van der Waals surface area contributed by atoms with Crippen LogP contribution in [0.2, 0.25) is 0 Å². The van der Waals surface area contributed by atoms with Crippen LogP contribution in [0.1, 0.15) is 36.3 Å². The summed E-state index contributed by atoms with van der Waals surface area (Å²) < 4.78 is 10.9. The highest BCUT2D eigenvalue weighted by Crippen LogP contribution is 2.50. The van der Waals surface area contributed by atoms with Crippen molar-refractivity contribution >= 4 is 5.97 Å². The molecule has 4 heteroatoms. The van der Waals surface area contributed by atoms with Gasteiger partial charge in [0, 0.05) is 11.5 Å². The summed E-state index contributed by atoms with van der Waals surface area (Å²) in [6.07, 6.45) is 2.29. The molecule has 1 fully saturated rings. The van der Waals surface area contributed by atoms with E-state index < -0.39 is 5.97 Å². The molecule has 1 unspecified atom stereocenters. The van der Waals surface area contributed by atoms with Crippen molar-refractivity contribution in [2.45, 2.75) is 32.1 Å². The summed E-state index contributed by atoms with van der Waals surface area (Å²) in [6.45, 7) is 1.96. The molecule has 1 N–H and O–H groups in total. The Labute approximate surface area is 113 Å². The van der Waals surface area contributed by atoms with Gasteiger partial charge in [0.05, 0.1) is 20.6 Å². The predicted octanol–water partition coefficient (Wildman–Crippen LogP) is 2.98. The summed E-state index contributed by atoms with van der Waals surface area (Å²) in [7, 11) is 3.23. The van der Waals surface area contributed by atoms with E-state index in [9.17, 15) is 4.79 Å². The van der Waals surface area contributed by atoms with Crippen LogP contribution in [0.15, 0.2) is 12.1 Å². The van der Waals surface area contributed by atoms with Gasteiger partial charge < -0.3 is 14.6 Å². The zero-order valence-electron chi connectivity index (χ0n) is 11.6. The van der Waals surface area contributed by atoms with Gasteiger partial charge in [-0.25, -0.2) is 0 Å². The SMILES string of the molecule is COc1ccc(C)c(OC)c1C(CC(=O)O)C1CC1. The van der Waals surface area contributed by atoms with Crippen molar-refractivity contribution in [3.8, 4) is 11.5 Å². The van der Waals surface area contributed by atoms with E-state index in [0.29, 0.717) is 5.92 Å². The van der Waals surface area contributed by atoms with E-state index in [0.717, 1.165) is 35.5 Å². The largest absolute Gasteiger partial charge is 0.496 e. The molecular weight excluding hydrogens is 244 g/mol. The molecule has 1 aliphatic carbocycles. The molecule has 104 valence electrons. The van der Waals surface area contributed by atoms with Crippen LogP contribution < -0.4 is 9.47 Å². The van der Waals surface area contributed by atoms with E-state index in [4.69, 9.17) is 14.6 Å². The molecule has 1 aromatic rings. The average Bonchev–Trinajstić information content (AvgIpc) is 3.19. The normalized spacial score (nSPS) is 15.9. The van der Waals surface area contributed by atoms with Gasteiger partial charge in [-0.3, -0.25) is 4.79 Å². The lowest BCUT2D eigenvalue weighted by Crippen LogP contribution is -2.11. The molecule has 1 saturated carbocycles. The topological polar surface area (TPSA) is 55.8 Å². The molecule has 0 spiro atoms. The molecule has 0 amide bonds. The van der Waals surface area contributed by atoms with Gasteiger partial charge in [-0.1, -0.05) is 6.07 Å². The van der Waals surface area contributed by atoms with Gasteiger partial charge in [0.2, 0.25) is 0 Å². The molecule has 19 heavy (non-hydrogen) atoms. The minimum Gasteiger partial charge on any atom is -0.496 e. The zero-order chi connectivity index (χ0) is 14.0. The lowest BCUT2D eigenvalue weighted by molar-refractivity contribution is -0.137. The second kappa shape index (κ2) is 5.51. The van der Waals surface area contributed by atoms with E-state index >= 15 is 0 Å². The number of carboxylic acids is 1.